The molecule has 0 fully saturated rings. The summed E-state index contributed by atoms with van der Waals surface area (Å²) in [4.78, 5) is 11.7. The molecule has 7 heteroatoms. The molecule has 0 radical (unpaired) electrons. The van der Waals surface area contributed by atoms with Crippen molar-refractivity contribution >= 4 is 28.5 Å². The minimum atomic E-state index is -2.83. The summed E-state index contributed by atoms with van der Waals surface area (Å²) in [5.74, 6) is 0.537. The topological polar surface area (TPSA) is 47.6 Å². The Kier molecular flexibility index (Phi) is 7.23. The molecule has 1 amide bonds. The van der Waals surface area contributed by atoms with E-state index < -0.39 is 6.61 Å². The summed E-state index contributed by atoms with van der Waals surface area (Å²) in [6, 6.07) is 13.7. The number of benzene rings is 2. The fraction of sp³-hybridized carbons (Fsp3) is 0.235. The first-order valence-corrected chi connectivity index (χ1v) is 8.29. The van der Waals surface area contributed by atoms with Gasteiger partial charge in [0.05, 0.1) is 0 Å². The highest BCUT2D eigenvalue weighted by atomic mass is 127. The van der Waals surface area contributed by atoms with Crippen LogP contribution in [0, 0.1) is 3.57 Å². The average Bonchev–Trinajstić information content (AvgIpc) is 2.55. The molecular weight excluding hydrogens is 431 g/mol. The molecule has 128 valence electrons. The zero-order valence-electron chi connectivity index (χ0n) is 12.7. The molecule has 0 aliphatic rings. The molecule has 4 nitrogen and oxygen atoms in total. The molecular formula is C17H16F2INO3. The van der Waals surface area contributed by atoms with Gasteiger partial charge in [0, 0.05) is 10.1 Å². The zero-order valence-corrected chi connectivity index (χ0v) is 14.8. The second-order valence-corrected chi connectivity index (χ2v) is 6.11. The number of hydrogen-bond acceptors (Lipinski definition) is 3. The fourth-order valence-electron chi connectivity index (χ4n) is 1.91. The predicted octanol–water partition coefficient (Wildman–Crippen LogP) is 3.63. The smallest absolute Gasteiger partial charge is 0.387 e. The summed E-state index contributed by atoms with van der Waals surface area (Å²) in [6.07, 6.45) is 0.588. The van der Waals surface area contributed by atoms with Gasteiger partial charge in [0.2, 0.25) is 0 Å². The predicted molar refractivity (Wildman–Crippen MR) is 94.4 cm³/mol. The third-order valence-electron chi connectivity index (χ3n) is 3.07. The molecule has 0 aliphatic carbocycles. The summed E-state index contributed by atoms with van der Waals surface area (Å²) in [6.45, 7) is -2.45. The van der Waals surface area contributed by atoms with Crippen LogP contribution in [0.15, 0.2) is 48.5 Å². The third-order valence-corrected chi connectivity index (χ3v) is 3.79. The number of amides is 1. The lowest BCUT2D eigenvalue weighted by molar-refractivity contribution is -0.123. The van der Waals surface area contributed by atoms with Crippen LogP contribution in [0.1, 0.15) is 5.56 Å². The van der Waals surface area contributed by atoms with Crippen molar-refractivity contribution in [2.45, 2.75) is 13.0 Å². The Bertz CT molecular complexity index is 648. The van der Waals surface area contributed by atoms with Gasteiger partial charge in [-0.3, -0.25) is 4.79 Å². The second-order valence-electron chi connectivity index (χ2n) is 4.87. The number of carbonyl (C=O) groups is 1. The number of rotatable bonds is 8. The Morgan fingerprint density at radius 1 is 1.04 bits per heavy atom. The minimum absolute atomic E-state index is 0.0538. The van der Waals surface area contributed by atoms with Gasteiger partial charge >= 0.3 is 6.61 Å². The lowest BCUT2D eigenvalue weighted by Gasteiger charge is -2.08. The highest BCUT2D eigenvalue weighted by molar-refractivity contribution is 14.1. The van der Waals surface area contributed by atoms with Crippen LogP contribution in [0.4, 0.5) is 8.78 Å². The van der Waals surface area contributed by atoms with Gasteiger partial charge in [-0.15, -0.1) is 0 Å². The first kappa shape index (κ1) is 18.4. The normalized spacial score (nSPS) is 10.5. The van der Waals surface area contributed by atoms with Crippen LogP contribution < -0.4 is 14.8 Å². The summed E-state index contributed by atoms with van der Waals surface area (Å²) < 4.78 is 34.8. The number of carbonyl (C=O) groups excluding carboxylic acids is 1. The van der Waals surface area contributed by atoms with E-state index in [1.54, 1.807) is 24.3 Å². The van der Waals surface area contributed by atoms with Crippen molar-refractivity contribution in [1.82, 2.24) is 5.32 Å². The van der Waals surface area contributed by atoms with Crippen molar-refractivity contribution in [2.24, 2.45) is 0 Å². The maximum Gasteiger partial charge on any atom is 0.387 e. The molecule has 0 unspecified atom stereocenters. The van der Waals surface area contributed by atoms with E-state index in [1.807, 2.05) is 12.1 Å². The molecule has 2 rings (SSSR count). The van der Waals surface area contributed by atoms with Crippen LogP contribution >= 0.6 is 22.6 Å². The lowest BCUT2D eigenvalue weighted by Crippen LogP contribution is -2.30. The van der Waals surface area contributed by atoms with Gasteiger partial charge in [-0.05, 0) is 71.0 Å². The Labute approximate surface area is 152 Å². The molecule has 0 aromatic heterocycles. The van der Waals surface area contributed by atoms with E-state index in [-0.39, 0.29) is 18.3 Å². The first-order chi connectivity index (χ1) is 11.5. The van der Waals surface area contributed by atoms with Crippen molar-refractivity contribution in [2.75, 3.05) is 13.2 Å². The average molecular weight is 447 g/mol. The molecule has 0 aliphatic heterocycles. The molecule has 0 heterocycles. The van der Waals surface area contributed by atoms with Crippen molar-refractivity contribution in [3.63, 3.8) is 0 Å². The monoisotopic (exact) mass is 447 g/mol. The van der Waals surface area contributed by atoms with Gasteiger partial charge in [-0.2, -0.15) is 8.78 Å². The van der Waals surface area contributed by atoms with Crippen molar-refractivity contribution in [3.05, 3.63) is 57.7 Å². The molecule has 24 heavy (non-hydrogen) atoms. The molecule has 0 saturated heterocycles. The van der Waals surface area contributed by atoms with Gasteiger partial charge in [-0.1, -0.05) is 12.1 Å². The highest BCUT2D eigenvalue weighted by Gasteiger charge is 2.05. The van der Waals surface area contributed by atoms with E-state index in [0.29, 0.717) is 18.7 Å². The van der Waals surface area contributed by atoms with Crippen LogP contribution in [0.25, 0.3) is 0 Å². The van der Waals surface area contributed by atoms with Gasteiger partial charge in [0.15, 0.2) is 6.61 Å². The van der Waals surface area contributed by atoms with E-state index in [2.05, 4.69) is 32.6 Å². The molecule has 0 atom stereocenters. The molecule has 0 spiro atoms. The SMILES string of the molecule is O=C(COc1ccc(I)cc1)NCCc1ccc(OC(F)F)cc1. The van der Waals surface area contributed by atoms with Gasteiger partial charge in [0.1, 0.15) is 11.5 Å². The van der Waals surface area contributed by atoms with Crippen molar-refractivity contribution in [1.29, 1.82) is 0 Å². The van der Waals surface area contributed by atoms with E-state index in [4.69, 9.17) is 4.74 Å². The summed E-state index contributed by atoms with van der Waals surface area (Å²) in [5, 5.41) is 2.74. The largest absolute Gasteiger partial charge is 0.484 e. The van der Waals surface area contributed by atoms with E-state index in [0.717, 1.165) is 9.13 Å². The Hall–Kier alpha value is -1.90. The first-order valence-electron chi connectivity index (χ1n) is 7.22. The molecule has 0 saturated carbocycles. The maximum atomic E-state index is 12.0. The minimum Gasteiger partial charge on any atom is -0.484 e. The highest BCUT2D eigenvalue weighted by Crippen LogP contribution is 2.15. The van der Waals surface area contributed by atoms with Crippen molar-refractivity contribution < 1.29 is 23.0 Å². The Morgan fingerprint density at radius 3 is 2.29 bits per heavy atom. The summed E-state index contributed by atoms with van der Waals surface area (Å²) >= 11 is 2.19. The Balaban J connectivity index is 1.67. The number of nitrogens with one attached hydrogen (secondary N) is 1. The molecule has 0 bridgehead atoms. The molecule has 1 N–H and O–H groups in total. The van der Waals surface area contributed by atoms with Crippen LogP contribution in [0.2, 0.25) is 0 Å². The van der Waals surface area contributed by atoms with Crippen LogP contribution in [-0.4, -0.2) is 25.7 Å². The number of alkyl halides is 2. The van der Waals surface area contributed by atoms with Crippen LogP contribution in [0.5, 0.6) is 11.5 Å². The maximum absolute atomic E-state index is 12.0. The van der Waals surface area contributed by atoms with E-state index in [9.17, 15) is 13.6 Å². The van der Waals surface area contributed by atoms with Crippen LogP contribution in [-0.2, 0) is 11.2 Å². The Morgan fingerprint density at radius 2 is 1.67 bits per heavy atom. The van der Waals surface area contributed by atoms with Gasteiger partial charge in [0.25, 0.3) is 5.91 Å². The van der Waals surface area contributed by atoms with Gasteiger partial charge in [-0.25, -0.2) is 0 Å². The quantitative estimate of drug-likeness (QED) is 0.629. The fourth-order valence-corrected chi connectivity index (χ4v) is 2.27. The number of hydrogen-bond donors (Lipinski definition) is 1. The van der Waals surface area contributed by atoms with Gasteiger partial charge < -0.3 is 14.8 Å². The standard InChI is InChI=1S/C17H16F2INO3/c18-17(19)24-15-5-1-12(2-6-15)9-10-21-16(22)11-23-14-7-3-13(20)4-8-14/h1-8,17H,9-11H2,(H,21,22). The third kappa shape index (κ3) is 6.69. The summed E-state index contributed by atoms with van der Waals surface area (Å²) in [5.41, 5.74) is 0.912. The molecule has 2 aromatic rings. The molecule has 2 aromatic carbocycles. The number of halogens is 3. The van der Waals surface area contributed by atoms with E-state index in [1.165, 1.54) is 12.1 Å². The van der Waals surface area contributed by atoms with E-state index >= 15 is 0 Å². The zero-order chi connectivity index (χ0) is 17.4. The summed E-state index contributed by atoms with van der Waals surface area (Å²) in [7, 11) is 0. The second kappa shape index (κ2) is 9.41. The van der Waals surface area contributed by atoms with Crippen LogP contribution in [0.3, 0.4) is 0 Å². The number of ether oxygens (including phenoxy) is 2. The van der Waals surface area contributed by atoms with Crippen molar-refractivity contribution in [3.8, 4) is 11.5 Å². The lowest BCUT2D eigenvalue weighted by atomic mass is 10.1.